The molecule has 0 aliphatic rings. The van der Waals surface area contributed by atoms with Gasteiger partial charge in [0.15, 0.2) is 0 Å². The zero-order valence-electron chi connectivity index (χ0n) is 30.5. The molecule has 0 aliphatic carbocycles. The molecule has 0 aromatic heterocycles. The van der Waals surface area contributed by atoms with Crippen LogP contribution < -0.4 is 0 Å². The molecule has 13 aromatic rings. The summed E-state index contributed by atoms with van der Waals surface area (Å²) in [4.78, 5) is 0. The van der Waals surface area contributed by atoms with E-state index in [1.165, 1.54) is 130 Å². The Morgan fingerprint density at radius 1 is 0.196 bits per heavy atom. The van der Waals surface area contributed by atoms with Crippen molar-refractivity contribution in [3.05, 3.63) is 194 Å². The van der Waals surface area contributed by atoms with E-state index in [4.69, 9.17) is 0 Å². The van der Waals surface area contributed by atoms with Crippen LogP contribution in [0.5, 0.6) is 0 Å². The molecule has 13 rings (SSSR count). The van der Waals surface area contributed by atoms with Gasteiger partial charge in [-0.15, -0.1) is 0 Å². The number of fused-ring (bicyclic) bond motifs is 11. The van der Waals surface area contributed by atoms with Gasteiger partial charge in [0.2, 0.25) is 0 Å². The number of rotatable bonds is 3. The van der Waals surface area contributed by atoms with Gasteiger partial charge < -0.3 is 0 Å². The molecular weight excluding hydrogens is 673 g/mol. The molecule has 0 amide bonds. The Hall–Kier alpha value is -7.28. The largest absolute Gasteiger partial charge is 0.0622 e. The van der Waals surface area contributed by atoms with Crippen LogP contribution in [0, 0.1) is 0 Å². The molecule has 0 N–H and O–H groups in total. The number of hydrogen-bond donors (Lipinski definition) is 0. The minimum Gasteiger partial charge on any atom is -0.0622 e. The van der Waals surface area contributed by atoms with Gasteiger partial charge in [-0.2, -0.15) is 0 Å². The Labute approximate surface area is 323 Å². The molecule has 56 heavy (non-hydrogen) atoms. The summed E-state index contributed by atoms with van der Waals surface area (Å²) >= 11 is 0. The van der Waals surface area contributed by atoms with Crippen LogP contribution in [0.4, 0.5) is 0 Å². The summed E-state index contributed by atoms with van der Waals surface area (Å²) in [5.74, 6) is 0. The van der Waals surface area contributed by atoms with Gasteiger partial charge in [-0.05, 0) is 149 Å². The smallest absolute Gasteiger partial charge is 0.000697 e. The van der Waals surface area contributed by atoms with E-state index in [1.807, 2.05) is 0 Å². The Balaban J connectivity index is 1.29. The van der Waals surface area contributed by atoms with E-state index in [1.54, 1.807) is 0 Å². The summed E-state index contributed by atoms with van der Waals surface area (Å²) in [5.41, 5.74) is 7.64. The average molecular weight is 705 g/mol. The fraction of sp³-hybridized carbons (Fsp3) is 0. The lowest BCUT2D eigenvalue weighted by molar-refractivity contribution is 1.68. The SMILES string of the molecule is c1ccc(-c2c3cc4c5cc(-c6cccc7ccccc67)ccc5c5cccc(c3c(-c3ccccc3)c3c6cc7ccccc7c7cccc(c23)c76)c54)cc1. The van der Waals surface area contributed by atoms with E-state index in [0.29, 0.717) is 0 Å². The highest BCUT2D eigenvalue weighted by Gasteiger charge is 2.27. The molecule has 0 nitrogen and oxygen atoms in total. The van der Waals surface area contributed by atoms with Crippen molar-refractivity contribution in [1.82, 2.24) is 0 Å². The summed E-state index contributed by atoms with van der Waals surface area (Å²) in [5, 5.41) is 23.6. The first-order valence-electron chi connectivity index (χ1n) is 19.6. The van der Waals surface area contributed by atoms with Gasteiger partial charge in [0.05, 0.1) is 0 Å². The van der Waals surface area contributed by atoms with E-state index >= 15 is 0 Å². The molecule has 0 atom stereocenters. The first-order valence-corrected chi connectivity index (χ1v) is 19.6. The van der Waals surface area contributed by atoms with Crippen molar-refractivity contribution >= 4 is 97.0 Å². The molecule has 256 valence electrons. The molecule has 0 saturated heterocycles. The highest BCUT2D eigenvalue weighted by Crippen LogP contribution is 2.55. The molecule has 13 aromatic carbocycles. The molecular formula is C56H32. The molecule has 0 heteroatoms. The summed E-state index contributed by atoms with van der Waals surface area (Å²) < 4.78 is 0. The lowest BCUT2D eigenvalue weighted by Gasteiger charge is -2.19. The van der Waals surface area contributed by atoms with Crippen molar-refractivity contribution in [3.63, 3.8) is 0 Å². The van der Waals surface area contributed by atoms with Gasteiger partial charge in [0.1, 0.15) is 0 Å². The maximum Gasteiger partial charge on any atom is -0.000697 e. The molecule has 0 heterocycles. The Morgan fingerprint density at radius 2 is 0.750 bits per heavy atom. The first kappa shape index (κ1) is 30.1. The minimum absolute atomic E-state index is 1.24. The predicted octanol–water partition coefficient (Wildman–Crippen LogP) is 15.9. The van der Waals surface area contributed by atoms with Crippen LogP contribution in [0.15, 0.2) is 194 Å². The van der Waals surface area contributed by atoms with Crippen molar-refractivity contribution in [2.45, 2.75) is 0 Å². The third-order valence-corrected chi connectivity index (χ3v) is 12.7. The van der Waals surface area contributed by atoms with Crippen LogP contribution in [0.1, 0.15) is 0 Å². The average Bonchev–Trinajstić information content (AvgIpc) is 3.76. The lowest BCUT2D eigenvalue weighted by Crippen LogP contribution is -1.91. The maximum absolute atomic E-state index is 2.55. The first-order chi connectivity index (χ1) is 27.8. The second-order valence-corrected chi connectivity index (χ2v) is 15.5. The van der Waals surface area contributed by atoms with Gasteiger partial charge in [-0.25, -0.2) is 0 Å². The van der Waals surface area contributed by atoms with Gasteiger partial charge in [-0.3, -0.25) is 0 Å². The van der Waals surface area contributed by atoms with Crippen LogP contribution in [-0.4, -0.2) is 0 Å². The quantitative estimate of drug-likeness (QED) is 0.161. The molecule has 0 aliphatic heterocycles. The maximum atomic E-state index is 2.55. The van der Waals surface area contributed by atoms with Crippen LogP contribution in [0.3, 0.4) is 0 Å². The molecule has 0 unspecified atom stereocenters. The Kier molecular flexibility index (Phi) is 5.98. The lowest BCUT2D eigenvalue weighted by atomic mass is 9.83. The highest BCUT2D eigenvalue weighted by atomic mass is 14.3. The standard InChI is InChI=1S/C56H32/c1-3-15-34(16-4-1)50-49-32-47-46-30-37(39-23-11-20-33-14-7-9-21-38(33)39)28-29-41(46)43-25-13-26-44(52(43)47)54(49)51(35-17-5-2-6-18-35)56-48-31-36-19-8-10-22-40(36)42-24-12-27-45(53(42)48)55(50)56/h1-32H. The van der Waals surface area contributed by atoms with E-state index < -0.39 is 0 Å². The topological polar surface area (TPSA) is 0 Å². The molecule has 0 spiro atoms. The van der Waals surface area contributed by atoms with Gasteiger partial charge >= 0.3 is 0 Å². The highest BCUT2D eigenvalue weighted by molar-refractivity contribution is 6.46. The van der Waals surface area contributed by atoms with Gasteiger partial charge in [0.25, 0.3) is 0 Å². The predicted molar refractivity (Wildman–Crippen MR) is 243 cm³/mol. The van der Waals surface area contributed by atoms with Crippen LogP contribution >= 0.6 is 0 Å². The van der Waals surface area contributed by atoms with Crippen molar-refractivity contribution in [2.24, 2.45) is 0 Å². The fourth-order valence-electron chi connectivity index (χ4n) is 10.4. The Morgan fingerprint density at radius 3 is 1.54 bits per heavy atom. The zero-order valence-corrected chi connectivity index (χ0v) is 30.5. The summed E-state index contributed by atoms with van der Waals surface area (Å²) in [6, 6.07) is 72.7. The second kappa shape index (κ2) is 11.1. The Bertz CT molecular complexity index is 3720. The van der Waals surface area contributed by atoms with Crippen molar-refractivity contribution in [2.75, 3.05) is 0 Å². The van der Waals surface area contributed by atoms with E-state index in [2.05, 4.69) is 194 Å². The van der Waals surface area contributed by atoms with Crippen molar-refractivity contribution < 1.29 is 0 Å². The van der Waals surface area contributed by atoms with Crippen molar-refractivity contribution in [3.8, 4) is 33.4 Å². The van der Waals surface area contributed by atoms with E-state index in [-0.39, 0.29) is 0 Å². The summed E-state index contributed by atoms with van der Waals surface area (Å²) in [6.07, 6.45) is 0. The molecule has 0 radical (unpaired) electrons. The second-order valence-electron chi connectivity index (χ2n) is 15.5. The normalized spacial score (nSPS) is 12.3. The third-order valence-electron chi connectivity index (χ3n) is 12.7. The summed E-state index contributed by atoms with van der Waals surface area (Å²) in [7, 11) is 0. The van der Waals surface area contributed by atoms with Crippen LogP contribution in [-0.2, 0) is 0 Å². The zero-order chi connectivity index (χ0) is 36.5. The third kappa shape index (κ3) is 3.93. The number of hydrogen-bond acceptors (Lipinski definition) is 0. The van der Waals surface area contributed by atoms with Gasteiger partial charge in [-0.1, -0.05) is 176 Å². The molecule has 0 bridgehead atoms. The van der Waals surface area contributed by atoms with Crippen molar-refractivity contribution in [1.29, 1.82) is 0 Å². The van der Waals surface area contributed by atoms with E-state index in [0.717, 1.165) is 0 Å². The van der Waals surface area contributed by atoms with Crippen LogP contribution in [0.25, 0.3) is 130 Å². The fourth-order valence-corrected chi connectivity index (χ4v) is 10.4. The van der Waals surface area contributed by atoms with E-state index in [9.17, 15) is 0 Å². The van der Waals surface area contributed by atoms with Crippen LogP contribution in [0.2, 0.25) is 0 Å². The molecule has 0 saturated carbocycles. The monoisotopic (exact) mass is 704 g/mol. The number of benzene rings is 11. The van der Waals surface area contributed by atoms with Gasteiger partial charge in [0, 0.05) is 0 Å². The summed E-state index contributed by atoms with van der Waals surface area (Å²) in [6.45, 7) is 0. The minimum atomic E-state index is 1.24. The molecule has 0 fully saturated rings.